The van der Waals surface area contributed by atoms with Crippen LogP contribution in [0.15, 0.2) is 47.3 Å². The molecule has 0 aliphatic heterocycles. The molecular weight excluding hydrogens is 266 g/mol. The number of imidazole rings is 1. The van der Waals surface area contributed by atoms with Crippen LogP contribution in [0.3, 0.4) is 0 Å². The highest BCUT2D eigenvalue weighted by Crippen LogP contribution is 2.17. The molecule has 0 spiro atoms. The van der Waals surface area contributed by atoms with Gasteiger partial charge in [0.05, 0.1) is 17.6 Å². The minimum absolute atomic E-state index is 0.188. The van der Waals surface area contributed by atoms with Crippen LogP contribution >= 0.6 is 0 Å². The van der Waals surface area contributed by atoms with Crippen molar-refractivity contribution in [3.05, 3.63) is 58.5 Å². The van der Waals surface area contributed by atoms with E-state index in [-0.39, 0.29) is 5.69 Å². The van der Waals surface area contributed by atoms with Crippen LogP contribution in [0.25, 0.3) is 11.0 Å². The first kappa shape index (κ1) is 13.3. The predicted molar refractivity (Wildman–Crippen MR) is 83.9 cm³/mol. The molecular formula is C16H17N3O2. The Bertz CT molecular complexity index is 804. The van der Waals surface area contributed by atoms with E-state index >= 15 is 0 Å². The van der Waals surface area contributed by atoms with Crippen LogP contribution in [-0.2, 0) is 6.54 Å². The van der Waals surface area contributed by atoms with E-state index in [4.69, 9.17) is 4.74 Å². The minimum atomic E-state index is -0.188. The summed E-state index contributed by atoms with van der Waals surface area (Å²) in [5.74, 6) is 0.877. The largest absolute Gasteiger partial charge is 0.494 e. The summed E-state index contributed by atoms with van der Waals surface area (Å²) < 4.78 is 5.49. The highest BCUT2D eigenvalue weighted by atomic mass is 16.5. The van der Waals surface area contributed by atoms with E-state index in [2.05, 4.69) is 15.3 Å². The molecule has 108 valence electrons. The molecule has 0 saturated heterocycles. The fourth-order valence-electron chi connectivity index (χ4n) is 2.26. The van der Waals surface area contributed by atoms with Crippen molar-refractivity contribution in [3.63, 3.8) is 0 Å². The molecule has 1 aromatic heterocycles. The van der Waals surface area contributed by atoms with Crippen LogP contribution in [0.5, 0.6) is 5.75 Å². The lowest BCUT2D eigenvalue weighted by Crippen LogP contribution is -2.00. The average Bonchev–Trinajstić information content (AvgIpc) is 2.85. The molecule has 0 bridgehead atoms. The first-order chi connectivity index (χ1) is 10.2. The number of nitrogens with one attached hydrogen (secondary N) is 3. The lowest BCUT2D eigenvalue weighted by molar-refractivity contribution is 0.340. The van der Waals surface area contributed by atoms with Gasteiger partial charge < -0.3 is 20.0 Å². The predicted octanol–water partition coefficient (Wildman–Crippen LogP) is 2.87. The van der Waals surface area contributed by atoms with Gasteiger partial charge >= 0.3 is 5.69 Å². The third-order valence-corrected chi connectivity index (χ3v) is 3.22. The van der Waals surface area contributed by atoms with Crippen LogP contribution < -0.4 is 15.7 Å². The first-order valence-corrected chi connectivity index (χ1v) is 6.92. The maximum absolute atomic E-state index is 11.2. The Balaban J connectivity index is 1.73. The molecule has 0 aliphatic carbocycles. The molecule has 0 radical (unpaired) electrons. The molecule has 0 fully saturated rings. The van der Waals surface area contributed by atoms with E-state index in [1.807, 2.05) is 49.4 Å². The van der Waals surface area contributed by atoms with Crippen LogP contribution in [0.4, 0.5) is 5.69 Å². The van der Waals surface area contributed by atoms with Crippen molar-refractivity contribution in [3.8, 4) is 5.75 Å². The lowest BCUT2D eigenvalue weighted by Gasteiger charge is -2.08. The molecule has 5 heteroatoms. The fraction of sp³-hybridized carbons (Fsp3) is 0.188. The number of rotatable bonds is 5. The second-order valence-corrected chi connectivity index (χ2v) is 4.77. The second-order valence-electron chi connectivity index (χ2n) is 4.77. The monoisotopic (exact) mass is 283 g/mol. The third-order valence-electron chi connectivity index (χ3n) is 3.22. The van der Waals surface area contributed by atoms with Gasteiger partial charge in [-0.2, -0.15) is 0 Å². The SMILES string of the molecule is CCOc1cccc(CNc2ccc3[nH]c(=O)[nH]c3c2)c1. The Morgan fingerprint density at radius 3 is 2.81 bits per heavy atom. The molecule has 3 aromatic rings. The number of ether oxygens (including phenoxy) is 1. The van der Waals surface area contributed by atoms with Gasteiger partial charge in [0.1, 0.15) is 5.75 Å². The Hall–Kier alpha value is -2.69. The average molecular weight is 283 g/mol. The topological polar surface area (TPSA) is 69.9 Å². The number of aromatic nitrogens is 2. The van der Waals surface area contributed by atoms with Crippen LogP contribution in [-0.4, -0.2) is 16.6 Å². The number of fused-ring (bicyclic) bond motifs is 1. The zero-order valence-electron chi connectivity index (χ0n) is 11.8. The highest BCUT2D eigenvalue weighted by molar-refractivity contribution is 5.78. The van der Waals surface area contributed by atoms with Crippen molar-refractivity contribution >= 4 is 16.7 Å². The van der Waals surface area contributed by atoms with Crippen molar-refractivity contribution in [2.75, 3.05) is 11.9 Å². The lowest BCUT2D eigenvalue weighted by atomic mass is 10.2. The van der Waals surface area contributed by atoms with Crippen molar-refractivity contribution < 1.29 is 4.74 Å². The van der Waals surface area contributed by atoms with Crippen LogP contribution in [0.1, 0.15) is 12.5 Å². The van der Waals surface area contributed by atoms with Gasteiger partial charge in [0.25, 0.3) is 0 Å². The van der Waals surface area contributed by atoms with Gasteiger partial charge in [0, 0.05) is 12.2 Å². The first-order valence-electron chi connectivity index (χ1n) is 6.92. The number of benzene rings is 2. The molecule has 0 saturated carbocycles. The van der Waals surface area contributed by atoms with E-state index < -0.39 is 0 Å². The quantitative estimate of drug-likeness (QED) is 0.674. The Morgan fingerprint density at radius 1 is 1.10 bits per heavy atom. The van der Waals surface area contributed by atoms with E-state index in [0.29, 0.717) is 13.2 Å². The van der Waals surface area contributed by atoms with E-state index in [1.54, 1.807) is 0 Å². The Labute approximate surface area is 122 Å². The van der Waals surface area contributed by atoms with Crippen LogP contribution in [0, 0.1) is 0 Å². The summed E-state index contributed by atoms with van der Waals surface area (Å²) in [7, 11) is 0. The van der Waals surface area contributed by atoms with Gasteiger partial charge in [-0.25, -0.2) is 4.79 Å². The molecule has 2 aromatic carbocycles. The Kier molecular flexibility index (Phi) is 3.64. The maximum atomic E-state index is 11.2. The minimum Gasteiger partial charge on any atom is -0.494 e. The second kappa shape index (κ2) is 5.75. The van der Waals surface area contributed by atoms with Gasteiger partial charge in [-0.1, -0.05) is 12.1 Å². The molecule has 5 nitrogen and oxygen atoms in total. The summed E-state index contributed by atoms with van der Waals surface area (Å²) in [5, 5.41) is 3.34. The van der Waals surface area contributed by atoms with E-state index in [0.717, 1.165) is 28.0 Å². The van der Waals surface area contributed by atoms with Gasteiger partial charge in [0.2, 0.25) is 0 Å². The summed E-state index contributed by atoms with van der Waals surface area (Å²) in [6, 6.07) is 13.7. The molecule has 0 amide bonds. The van der Waals surface area contributed by atoms with E-state index in [9.17, 15) is 4.79 Å². The number of hydrogen-bond donors (Lipinski definition) is 3. The summed E-state index contributed by atoms with van der Waals surface area (Å²) in [5.41, 5.74) is 3.52. The van der Waals surface area contributed by atoms with Crippen LogP contribution in [0.2, 0.25) is 0 Å². The summed E-state index contributed by atoms with van der Waals surface area (Å²) in [4.78, 5) is 16.7. The summed E-state index contributed by atoms with van der Waals surface area (Å²) in [6.07, 6.45) is 0. The zero-order valence-corrected chi connectivity index (χ0v) is 11.8. The number of anilines is 1. The fourth-order valence-corrected chi connectivity index (χ4v) is 2.26. The summed E-state index contributed by atoms with van der Waals surface area (Å²) >= 11 is 0. The normalized spacial score (nSPS) is 10.7. The van der Waals surface area contributed by atoms with Crippen molar-refractivity contribution in [2.24, 2.45) is 0 Å². The molecule has 0 unspecified atom stereocenters. The van der Waals surface area contributed by atoms with Crippen molar-refractivity contribution in [1.29, 1.82) is 0 Å². The van der Waals surface area contributed by atoms with Crippen molar-refractivity contribution in [1.82, 2.24) is 9.97 Å². The van der Waals surface area contributed by atoms with E-state index in [1.165, 1.54) is 0 Å². The van der Waals surface area contributed by atoms with Gasteiger partial charge in [-0.05, 0) is 42.8 Å². The van der Waals surface area contributed by atoms with Gasteiger partial charge in [0.15, 0.2) is 0 Å². The molecule has 0 aliphatic rings. The van der Waals surface area contributed by atoms with Gasteiger partial charge in [-0.15, -0.1) is 0 Å². The molecule has 21 heavy (non-hydrogen) atoms. The zero-order chi connectivity index (χ0) is 14.7. The van der Waals surface area contributed by atoms with Gasteiger partial charge in [-0.3, -0.25) is 0 Å². The summed E-state index contributed by atoms with van der Waals surface area (Å²) in [6.45, 7) is 3.33. The Morgan fingerprint density at radius 2 is 1.95 bits per heavy atom. The smallest absolute Gasteiger partial charge is 0.323 e. The standard InChI is InChI=1S/C16H17N3O2/c1-2-21-13-5-3-4-11(8-13)10-17-12-6-7-14-15(9-12)19-16(20)18-14/h3-9,17H,2,10H2,1H3,(H2,18,19,20). The van der Waals surface area contributed by atoms with Crippen molar-refractivity contribution in [2.45, 2.75) is 13.5 Å². The molecule has 3 N–H and O–H groups in total. The molecule has 1 heterocycles. The number of hydrogen-bond acceptors (Lipinski definition) is 3. The maximum Gasteiger partial charge on any atom is 0.323 e. The number of H-pyrrole nitrogens is 2. The third kappa shape index (κ3) is 3.08. The number of aromatic amines is 2. The molecule has 3 rings (SSSR count). The highest BCUT2D eigenvalue weighted by Gasteiger charge is 2.01. The molecule has 0 atom stereocenters.